The van der Waals surface area contributed by atoms with Gasteiger partial charge in [-0.1, -0.05) is 42.5 Å². The minimum absolute atomic E-state index is 0.145. The molecule has 1 aliphatic rings. The predicted molar refractivity (Wildman–Crippen MR) is 88.0 cm³/mol. The van der Waals surface area contributed by atoms with Crippen molar-refractivity contribution in [3.63, 3.8) is 0 Å². The van der Waals surface area contributed by atoms with Crippen LogP contribution < -0.4 is 5.32 Å². The Morgan fingerprint density at radius 2 is 1.86 bits per heavy atom. The molecule has 0 radical (unpaired) electrons. The molecule has 0 bridgehead atoms. The van der Waals surface area contributed by atoms with Crippen LogP contribution in [-0.2, 0) is 13.1 Å². The molecule has 116 valence electrons. The molecule has 0 amide bonds. The maximum absolute atomic E-state index is 13.3. The molecule has 1 fully saturated rings. The number of benzene rings is 2. The normalized spacial score (nSPS) is 19.2. The lowest BCUT2D eigenvalue weighted by Gasteiger charge is -2.33. The summed E-state index contributed by atoms with van der Waals surface area (Å²) < 4.78 is 13.3. The van der Waals surface area contributed by atoms with Crippen molar-refractivity contribution in [3.8, 4) is 0 Å². The molecule has 2 nitrogen and oxygen atoms in total. The number of rotatable bonds is 5. The Bertz CT molecular complexity index is 585. The van der Waals surface area contributed by atoms with E-state index in [-0.39, 0.29) is 5.82 Å². The van der Waals surface area contributed by atoms with Gasteiger partial charge in [0, 0.05) is 25.7 Å². The summed E-state index contributed by atoms with van der Waals surface area (Å²) in [6.07, 6.45) is 2.41. The Kier molecular flexibility index (Phi) is 5.20. The molecule has 0 spiro atoms. The average molecular weight is 298 g/mol. The van der Waals surface area contributed by atoms with E-state index in [1.165, 1.54) is 24.5 Å². The summed E-state index contributed by atoms with van der Waals surface area (Å²) in [5.74, 6) is -0.145. The standard InChI is InChI=1S/C19H23FN2/c20-18-9-4-8-17(12-18)14-22-11-5-10-19(15-22)21-13-16-6-2-1-3-7-16/h1-4,6-9,12,19,21H,5,10-11,13-15H2/t19-/m0/s1. The molecule has 2 aromatic carbocycles. The van der Waals surface area contributed by atoms with Crippen LogP contribution in [0.2, 0.25) is 0 Å². The molecule has 1 atom stereocenters. The van der Waals surface area contributed by atoms with Gasteiger partial charge in [-0.3, -0.25) is 4.90 Å². The Morgan fingerprint density at radius 1 is 1.05 bits per heavy atom. The van der Waals surface area contributed by atoms with Crippen LogP contribution in [0.15, 0.2) is 54.6 Å². The van der Waals surface area contributed by atoms with Gasteiger partial charge in [0.25, 0.3) is 0 Å². The van der Waals surface area contributed by atoms with Crippen LogP contribution in [0, 0.1) is 5.82 Å². The van der Waals surface area contributed by atoms with E-state index in [0.29, 0.717) is 6.04 Å². The highest BCUT2D eigenvalue weighted by molar-refractivity contribution is 5.16. The van der Waals surface area contributed by atoms with Crippen molar-refractivity contribution in [2.24, 2.45) is 0 Å². The monoisotopic (exact) mass is 298 g/mol. The Hall–Kier alpha value is -1.71. The first-order chi connectivity index (χ1) is 10.8. The molecular weight excluding hydrogens is 275 g/mol. The summed E-state index contributed by atoms with van der Waals surface area (Å²) in [6, 6.07) is 18.0. The molecule has 3 heteroatoms. The van der Waals surface area contributed by atoms with Crippen molar-refractivity contribution in [3.05, 3.63) is 71.5 Å². The van der Waals surface area contributed by atoms with Crippen LogP contribution in [0.3, 0.4) is 0 Å². The van der Waals surface area contributed by atoms with Crippen molar-refractivity contribution in [2.75, 3.05) is 13.1 Å². The van der Waals surface area contributed by atoms with E-state index in [4.69, 9.17) is 0 Å². The first-order valence-electron chi connectivity index (χ1n) is 8.04. The first kappa shape index (κ1) is 15.2. The summed E-state index contributed by atoms with van der Waals surface area (Å²) in [7, 11) is 0. The number of nitrogens with zero attached hydrogens (tertiary/aromatic N) is 1. The third kappa shape index (κ3) is 4.39. The second kappa shape index (κ2) is 7.52. The van der Waals surface area contributed by atoms with E-state index in [2.05, 4.69) is 34.5 Å². The number of halogens is 1. The minimum Gasteiger partial charge on any atom is -0.309 e. The van der Waals surface area contributed by atoms with Gasteiger partial charge in [-0.05, 0) is 42.6 Å². The number of likely N-dealkylation sites (tertiary alicyclic amines) is 1. The minimum atomic E-state index is -0.145. The number of piperidine rings is 1. The molecule has 22 heavy (non-hydrogen) atoms. The van der Waals surface area contributed by atoms with Gasteiger partial charge in [0.1, 0.15) is 5.82 Å². The van der Waals surface area contributed by atoms with Crippen LogP contribution in [0.4, 0.5) is 4.39 Å². The van der Waals surface area contributed by atoms with E-state index in [1.807, 2.05) is 12.1 Å². The fraction of sp³-hybridized carbons (Fsp3) is 0.368. The van der Waals surface area contributed by atoms with E-state index >= 15 is 0 Å². The van der Waals surface area contributed by atoms with Crippen LogP contribution in [-0.4, -0.2) is 24.0 Å². The molecule has 3 rings (SSSR count). The zero-order valence-electron chi connectivity index (χ0n) is 12.8. The summed E-state index contributed by atoms with van der Waals surface area (Å²) >= 11 is 0. The molecule has 1 aliphatic heterocycles. The highest BCUT2D eigenvalue weighted by atomic mass is 19.1. The molecule has 0 unspecified atom stereocenters. The van der Waals surface area contributed by atoms with Gasteiger partial charge in [-0.15, -0.1) is 0 Å². The summed E-state index contributed by atoms with van der Waals surface area (Å²) in [5, 5.41) is 3.65. The lowest BCUT2D eigenvalue weighted by Crippen LogP contribution is -2.45. The molecular formula is C19H23FN2. The quantitative estimate of drug-likeness (QED) is 0.907. The largest absolute Gasteiger partial charge is 0.309 e. The third-order valence-corrected chi connectivity index (χ3v) is 4.24. The van der Waals surface area contributed by atoms with Gasteiger partial charge in [0.05, 0.1) is 0 Å². The summed E-state index contributed by atoms with van der Waals surface area (Å²) in [4.78, 5) is 2.42. The van der Waals surface area contributed by atoms with Crippen molar-refractivity contribution in [1.29, 1.82) is 0 Å². The van der Waals surface area contributed by atoms with Crippen LogP contribution in [0.25, 0.3) is 0 Å². The van der Waals surface area contributed by atoms with Gasteiger partial charge in [0.15, 0.2) is 0 Å². The van der Waals surface area contributed by atoms with Crippen LogP contribution in [0.5, 0.6) is 0 Å². The number of nitrogens with one attached hydrogen (secondary N) is 1. The fourth-order valence-electron chi connectivity index (χ4n) is 3.12. The van der Waals surface area contributed by atoms with Crippen molar-refractivity contribution in [2.45, 2.75) is 32.0 Å². The van der Waals surface area contributed by atoms with E-state index in [0.717, 1.165) is 31.7 Å². The zero-order valence-corrected chi connectivity index (χ0v) is 12.8. The SMILES string of the molecule is Fc1cccc(CN2CCC[C@H](NCc3ccccc3)C2)c1. The van der Waals surface area contributed by atoms with Gasteiger partial charge >= 0.3 is 0 Å². The Morgan fingerprint density at radius 3 is 2.68 bits per heavy atom. The zero-order chi connectivity index (χ0) is 15.2. The van der Waals surface area contributed by atoms with Crippen molar-refractivity contribution < 1.29 is 4.39 Å². The highest BCUT2D eigenvalue weighted by Crippen LogP contribution is 2.15. The maximum Gasteiger partial charge on any atom is 0.123 e. The second-order valence-electron chi connectivity index (χ2n) is 6.07. The molecule has 1 N–H and O–H groups in total. The van der Waals surface area contributed by atoms with Gasteiger partial charge in [-0.25, -0.2) is 4.39 Å². The van der Waals surface area contributed by atoms with Crippen molar-refractivity contribution >= 4 is 0 Å². The first-order valence-corrected chi connectivity index (χ1v) is 8.04. The van der Waals surface area contributed by atoms with Crippen molar-refractivity contribution in [1.82, 2.24) is 10.2 Å². The van der Waals surface area contributed by atoms with Crippen LogP contribution in [0.1, 0.15) is 24.0 Å². The van der Waals surface area contributed by atoms with Gasteiger partial charge in [-0.2, -0.15) is 0 Å². The molecule has 1 heterocycles. The topological polar surface area (TPSA) is 15.3 Å². The molecule has 0 aromatic heterocycles. The smallest absolute Gasteiger partial charge is 0.123 e. The Labute approximate surface area is 132 Å². The maximum atomic E-state index is 13.3. The van der Waals surface area contributed by atoms with Gasteiger partial charge in [0.2, 0.25) is 0 Å². The average Bonchev–Trinajstić information content (AvgIpc) is 2.54. The van der Waals surface area contributed by atoms with E-state index < -0.39 is 0 Å². The number of hydrogen-bond acceptors (Lipinski definition) is 2. The summed E-state index contributed by atoms with van der Waals surface area (Å²) in [6.45, 7) is 3.88. The highest BCUT2D eigenvalue weighted by Gasteiger charge is 2.19. The molecule has 0 aliphatic carbocycles. The predicted octanol–water partition coefficient (Wildman–Crippen LogP) is 3.58. The van der Waals surface area contributed by atoms with Gasteiger partial charge < -0.3 is 5.32 Å². The fourth-order valence-corrected chi connectivity index (χ4v) is 3.12. The summed E-state index contributed by atoms with van der Waals surface area (Å²) in [5.41, 5.74) is 2.38. The molecule has 0 saturated carbocycles. The number of hydrogen-bond donors (Lipinski definition) is 1. The second-order valence-corrected chi connectivity index (χ2v) is 6.07. The van der Waals surface area contributed by atoms with Crippen LogP contribution >= 0.6 is 0 Å². The van der Waals surface area contributed by atoms with E-state index in [9.17, 15) is 4.39 Å². The lowest BCUT2D eigenvalue weighted by atomic mass is 10.0. The Balaban J connectivity index is 1.51. The molecule has 1 saturated heterocycles. The van der Waals surface area contributed by atoms with E-state index in [1.54, 1.807) is 12.1 Å². The molecule has 2 aromatic rings. The third-order valence-electron chi connectivity index (χ3n) is 4.24. The lowest BCUT2D eigenvalue weighted by molar-refractivity contribution is 0.182.